The van der Waals surface area contributed by atoms with E-state index in [1.807, 2.05) is 13.8 Å². The Hall–Kier alpha value is -0.360. The summed E-state index contributed by atoms with van der Waals surface area (Å²) in [5.41, 5.74) is -3.60. The lowest BCUT2D eigenvalue weighted by Gasteiger charge is -2.59. The predicted octanol–water partition coefficient (Wildman–Crippen LogP) is 0.821. The standard InChI is InChI=1S/C25H42O9/c1-21-6-7-22(2)17(9-18-23(3,33-22)10-14(28)15(12-26)30-18)31-20(21)11-24(4)19(32-21)8-16(29)25(5,13-27)34-24/h14-20,26-29H,6-13H2,1-5H3/t14-,15+,16+,17+,18-,19-,20-,21+,22-,23+,24+,25-/m0/s1. The highest BCUT2D eigenvalue weighted by Crippen LogP contribution is 2.54. The summed E-state index contributed by atoms with van der Waals surface area (Å²) in [5.74, 6) is 0. The highest BCUT2D eigenvalue weighted by atomic mass is 16.6. The van der Waals surface area contributed by atoms with E-state index in [1.165, 1.54) is 0 Å². The number of aliphatic hydroxyl groups excluding tert-OH is 4. The highest BCUT2D eigenvalue weighted by Gasteiger charge is 2.64. The molecule has 5 aliphatic rings. The topological polar surface area (TPSA) is 127 Å². The van der Waals surface area contributed by atoms with Crippen molar-refractivity contribution in [3.63, 3.8) is 0 Å². The first-order chi connectivity index (χ1) is 15.8. The second kappa shape index (κ2) is 8.07. The third-order valence-electron chi connectivity index (χ3n) is 9.55. The Kier molecular flexibility index (Phi) is 6.00. The maximum atomic E-state index is 10.7. The van der Waals surface area contributed by atoms with Gasteiger partial charge in [-0.05, 0) is 47.5 Å². The molecule has 0 spiro atoms. The van der Waals surface area contributed by atoms with Crippen LogP contribution in [0.1, 0.15) is 73.1 Å². The summed E-state index contributed by atoms with van der Waals surface area (Å²) in [6.07, 6.45) is 0.0113. The van der Waals surface area contributed by atoms with Crippen LogP contribution in [0.2, 0.25) is 0 Å². The molecule has 34 heavy (non-hydrogen) atoms. The fourth-order valence-corrected chi connectivity index (χ4v) is 7.10. The van der Waals surface area contributed by atoms with Crippen molar-refractivity contribution in [3.8, 4) is 0 Å². The molecule has 196 valence electrons. The number of fused-ring (bicyclic) bond motifs is 4. The molecule has 0 bridgehead atoms. The van der Waals surface area contributed by atoms with Crippen LogP contribution >= 0.6 is 0 Å². The van der Waals surface area contributed by atoms with Crippen LogP contribution in [0.15, 0.2) is 0 Å². The van der Waals surface area contributed by atoms with Crippen LogP contribution in [-0.2, 0) is 23.7 Å². The molecule has 0 aromatic rings. The lowest BCUT2D eigenvalue weighted by Crippen LogP contribution is -2.69. The van der Waals surface area contributed by atoms with Gasteiger partial charge in [0.1, 0.15) is 11.7 Å². The first kappa shape index (κ1) is 25.3. The van der Waals surface area contributed by atoms with Gasteiger partial charge in [-0.15, -0.1) is 0 Å². The minimum absolute atomic E-state index is 0.238. The normalized spacial score (nSPS) is 59.7. The van der Waals surface area contributed by atoms with Gasteiger partial charge >= 0.3 is 0 Å². The van der Waals surface area contributed by atoms with Crippen LogP contribution in [-0.4, -0.2) is 104 Å². The lowest BCUT2D eigenvalue weighted by molar-refractivity contribution is -0.352. The molecule has 5 rings (SSSR count). The number of rotatable bonds is 2. The van der Waals surface area contributed by atoms with Crippen molar-refractivity contribution in [1.29, 1.82) is 0 Å². The minimum Gasteiger partial charge on any atom is -0.394 e. The summed E-state index contributed by atoms with van der Waals surface area (Å²) >= 11 is 0. The van der Waals surface area contributed by atoms with Crippen molar-refractivity contribution in [2.75, 3.05) is 13.2 Å². The molecule has 5 fully saturated rings. The van der Waals surface area contributed by atoms with Crippen LogP contribution in [0.4, 0.5) is 0 Å². The smallest absolute Gasteiger partial charge is 0.115 e. The first-order valence-corrected chi connectivity index (χ1v) is 12.8. The molecule has 9 nitrogen and oxygen atoms in total. The van der Waals surface area contributed by atoms with Gasteiger partial charge in [-0.2, -0.15) is 0 Å². The Morgan fingerprint density at radius 3 is 2.03 bits per heavy atom. The van der Waals surface area contributed by atoms with E-state index >= 15 is 0 Å². The quantitative estimate of drug-likeness (QED) is 0.449. The average molecular weight is 487 g/mol. The van der Waals surface area contributed by atoms with Crippen molar-refractivity contribution in [1.82, 2.24) is 0 Å². The molecule has 9 heteroatoms. The third-order valence-corrected chi connectivity index (χ3v) is 9.55. The summed E-state index contributed by atoms with van der Waals surface area (Å²) in [6.45, 7) is 9.33. The van der Waals surface area contributed by atoms with Gasteiger partial charge in [-0.1, -0.05) is 0 Å². The van der Waals surface area contributed by atoms with Crippen molar-refractivity contribution < 1.29 is 44.1 Å². The molecule has 0 aromatic carbocycles. The molecule has 0 aromatic heterocycles. The largest absolute Gasteiger partial charge is 0.394 e. The predicted molar refractivity (Wildman–Crippen MR) is 120 cm³/mol. The van der Waals surface area contributed by atoms with Gasteiger partial charge in [0.15, 0.2) is 0 Å². The van der Waals surface area contributed by atoms with Crippen molar-refractivity contribution in [2.45, 2.75) is 144 Å². The number of hydrogen-bond donors (Lipinski definition) is 4. The Balaban J connectivity index is 1.41. The molecule has 5 saturated heterocycles. The molecular weight excluding hydrogens is 444 g/mol. The Labute approximate surface area is 201 Å². The fourth-order valence-electron chi connectivity index (χ4n) is 7.10. The van der Waals surface area contributed by atoms with E-state index in [0.717, 1.165) is 0 Å². The fraction of sp³-hybridized carbons (Fsp3) is 1.00. The zero-order valence-electron chi connectivity index (χ0n) is 21.0. The summed E-state index contributed by atoms with van der Waals surface area (Å²) in [7, 11) is 0. The van der Waals surface area contributed by atoms with Gasteiger partial charge < -0.3 is 44.1 Å². The zero-order valence-corrected chi connectivity index (χ0v) is 21.0. The Morgan fingerprint density at radius 1 is 0.706 bits per heavy atom. The van der Waals surface area contributed by atoms with E-state index in [2.05, 4.69) is 13.8 Å². The van der Waals surface area contributed by atoms with Crippen molar-refractivity contribution in [3.05, 3.63) is 0 Å². The van der Waals surface area contributed by atoms with E-state index in [4.69, 9.17) is 23.7 Å². The number of ether oxygens (including phenoxy) is 5. The molecule has 0 amide bonds. The van der Waals surface area contributed by atoms with Crippen LogP contribution in [0, 0.1) is 0 Å². The van der Waals surface area contributed by atoms with Gasteiger partial charge in [0.05, 0.1) is 72.2 Å². The first-order valence-electron chi connectivity index (χ1n) is 12.8. The van der Waals surface area contributed by atoms with E-state index in [9.17, 15) is 20.4 Å². The van der Waals surface area contributed by atoms with Gasteiger partial charge in [0.25, 0.3) is 0 Å². The zero-order chi connectivity index (χ0) is 24.7. The summed E-state index contributed by atoms with van der Waals surface area (Å²) in [6, 6.07) is 0. The molecule has 5 aliphatic heterocycles. The van der Waals surface area contributed by atoms with Gasteiger partial charge in [-0.25, -0.2) is 0 Å². The van der Waals surface area contributed by atoms with Crippen molar-refractivity contribution >= 4 is 0 Å². The maximum absolute atomic E-state index is 10.7. The SMILES string of the molecule is C[C@@]12CC[C@]3(C)O[C@]4(C)C[C@H](O)[C@@H](CO)O[C@H]4C[C@H]3O[C@H]1C[C@@]1(C)O[C@@](C)(CO)[C@H](O)C[C@@H]1O2. The average Bonchev–Trinajstić information content (AvgIpc) is 2.84. The third kappa shape index (κ3) is 3.78. The monoisotopic (exact) mass is 486 g/mol. The van der Waals surface area contributed by atoms with Gasteiger partial charge in [-0.3, -0.25) is 0 Å². The van der Waals surface area contributed by atoms with E-state index in [-0.39, 0.29) is 37.6 Å². The van der Waals surface area contributed by atoms with Crippen molar-refractivity contribution in [2.24, 2.45) is 0 Å². The molecule has 0 radical (unpaired) electrons. The number of aliphatic hydroxyl groups is 4. The van der Waals surface area contributed by atoms with E-state index in [0.29, 0.717) is 38.5 Å². The molecule has 0 aliphatic carbocycles. The maximum Gasteiger partial charge on any atom is 0.115 e. The van der Waals surface area contributed by atoms with E-state index in [1.54, 1.807) is 6.92 Å². The minimum atomic E-state index is -1.05. The Morgan fingerprint density at radius 2 is 1.35 bits per heavy atom. The van der Waals surface area contributed by atoms with Crippen LogP contribution in [0.25, 0.3) is 0 Å². The second-order valence-corrected chi connectivity index (χ2v) is 12.5. The van der Waals surface area contributed by atoms with Crippen LogP contribution in [0.5, 0.6) is 0 Å². The highest BCUT2D eigenvalue weighted by molar-refractivity contribution is 5.12. The van der Waals surface area contributed by atoms with Gasteiger partial charge in [0, 0.05) is 25.7 Å². The van der Waals surface area contributed by atoms with E-state index < -0.39 is 46.3 Å². The molecule has 0 saturated carbocycles. The van der Waals surface area contributed by atoms with Crippen LogP contribution in [0.3, 0.4) is 0 Å². The summed E-state index contributed by atoms with van der Waals surface area (Å²) in [4.78, 5) is 0. The lowest BCUT2D eigenvalue weighted by atomic mass is 9.73. The molecule has 4 N–H and O–H groups in total. The van der Waals surface area contributed by atoms with Crippen LogP contribution < -0.4 is 0 Å². The summed E-state index contributed by atoms with van der Waals surface area (Å²) < 4.78 is 32.6. The molecule has 12 atom stereocenters. The second-order valence-electron chi connectivity index (χ2n) is 12.5. The number of hydrogen-bond acceptors (Lipinski definition) is 9. The molecule has 0 unspecified atom stereocenters. The summed E-state index contributed by atoms with van der Waals surface area (Å²) in [5, 5.41) is 40.7. The molecule has 5 heterocycles. The Bertz CT molecular complexity index is 796. The van der Waals surface area contributed by atoms with Gasteiger partial charge in [0.2, 0.25) is 0 Å². The molecular formula is C25H42O9.